The van der Waals surface area contributed by atoms with Crippen LogP contribution in [0.15, 0.2) is 42.5 Å². The van der Waals surface area contributed by atoms with Crippen LogP contribution in [-0.4, -0.2) is 33.7 Å². The van der Waals surface area contributed by atoms with Crippen LogP contribution in [0.2, 0.25) is 5.02 Å². The van der Waals surface area contributed by atoms with Crippen molar-refractivity contribution in [1.29, 1.82) is 0 Å². The number of ether oxygens (including phenoxy) is 1. The Morgan fingerprint density at radius 1 is 1.14 bits per heavy atom. The lowest BCUT2D eigenvalue weighted by Gasteiger charge is -2.29. The lowest BCUT2D eigenvalue weighted by Crippen LogP contribution is -2.48. The lowest BCUT2D eigenvalue weighted by atomic mass is 10.1. The number of sulfonamides is 1. The molecular weight excluding hydrogens is 400 g/mol. The zero-order valence-electron chi connectivity index (χ0n) is 16.6. The van der Waals surface area contributed by atoms with E-state index in [4.69, 9.17) is 16.3 Å². The Morgan fingerprint density at radius 2 is 1.75 bits per heavy atom. The summed E-state index contributed by atoms with van der Waals surface area (Å²) in [5, 5.41) is 3.13. The van der Waals surface area contributed by atoms with Gasteiger partial charge in [0.05, 0.1) is 30.1 Å². The minimum Gasteiger partial charge on any atom is -0.495 e. The molecule has 0 bridgehead atoms. The smallest absolute Gasteiger partial charge is 0.244 e. The highest BCUT2D eigenvalue weighted by Crippen LogP contribution is 2.31. The van der Waals surface area contributed by atoms with E-state index in [1.54, 1.807) is 12.1 Å². The molecule has 0 radical (unpaired) electrons. The van der Waals surface area contributed by atoms with Crippen LogP contribution in [-0.2, 0) is 14.8 Å². The molecule has 2 unspecified atom stereocenters. The molecule has 0 saturated heterocycles. The maximum absolute atomic E-state index is 12.8. The second-order valence-electron chi connectivity index (χ2n) is 6.69. The van der Waals surface area contributed by atoms with Crippen LogP contribution in [0.4, 0.5) is 5.69 Å². The molecule has 0 aliphatic heterocycles. The largest absolute Gasteiger partial charge is 0.495 e. The van der Waals surface area contributed by atoms with E-state index in [0.717, 1.165) is 21.7 Å². The number of carbonyl (C=O) groups excluding carboxylic acids is 1. The van der Waals surface area contributed by atoms with Crippen molar-refractivity contribution in [3.05, 3.63) is 58.6 Å². The van der Waals surface area contributed by atoms with Crippen LogP contribution in [0.1, 0.15) is 31.0 Å². The van der Waals surface area contributed by atoms with Gasteiger partial charge in [0.1, 0.15) is 11.8 Å². The number of rotatable bonds is 7. The highest BCUT2D eigenvalue weighted by Gasteiger charge is 2.30. The van der Waals surface area contributed by atoms with Crippen molar-refractivity contribution < 1.29 is 17.9 Å². The Hall–Kier alpha value is -2.25. The van der Waals surface area contributed by atoms with E-state index in [2.05, 4.69) is 5.32 Å². The molecule has 2 atom stereocenters. The second-order valence-corrected chi connectivity index (χ2v) is 8.96. The van der Waals surface area contributed by atoms with Crippen LogP contribution in [0.5, 0.6) is 5.75 Å². The van der Waals surface area contributed by atoms with E-state index in [-0.39, 0.29) is 11.1 Å². The third-order valence-electron chi connectivity index (χ3n) is 4.41. The fourth-order valence-corrected chi connectivity index (χ4v) is 4.29. The molecular formula is C20H25ClN2O4S. The number of halogens is 1. The fourth-order valence-electron chi connectivity index (χ4n) is 2.87. The van der Waals surface area contributed by atoms with Crippen molar-refractivity contribution in [2.75, 3.05) is 17.7 Å². The molecule has 28 heavy (non-hydrogen) atoms. The molecule has 152 valence electrons. The summed E-state index contributed by atoms with van der Waals surface area (Å²) in [6.07, 6.45) is 1.05. The molecule has 1 amide bonds. The van der Waals surface area contributed by atoms with Gasteiger partial charge in [-0.25, -0.2) is 8.42 Å². The number of nitrogens with zero attached hydrogens (tertiary/aromatic N) is 1. The van der Waals surface area contributed by atoms with Crippen LogP contribution in [0.3, 0.4) is 0 Å². The summed E-state index contributed by atoms with van der Waals surface area (Å²) in [4.78, 5) is 12.8. The fraction of sp³-hybridized carbons (Fsp3) is 0.350. The standard InChI is InChI=1S/C20H25ClN2O4S/c1-13-6-8-16(9-7-13)14(2)22-20(24)15(3)23(28(5,25)26)17-10-11-19(27-4)18(21)12-17/h6-12,14-15H,1-5H3,(H,22,24). The molecule has 0 saturated carbocycles. The van der Waals surface area contributed by atoms with E-state index >= 15 is 0 Å². The summed E-state index contributed by atoms with van der Waals surface area (Å²) in [5.41, 5.74) is 2.35. The number of nitrogens with one attached hydrogen (secondary N) is 1. The minimum absolute atomic E-state index is 0.259. The molecule has 0 fully saturated rings. The average molecular weight is 425 g/mol. The molecule has 6 nitrogen and oxygen atoms in total. The topological polar surface area (TPSA) is 75.7 Å². The van der Waals surface area contributed by atoms with Crippen molar-refractivity contribution in [1.82, 2.24) is 5.32 Å². The zero-order valence-corrected chi connectivity index (χ0v) is 18.1. The maximum atomic E-state index is 12.8. The Balaban J connectivity index is 2.27. The number of carbonyl (C=O) groups is 1. The number of anilines is 1. The third-order valence-corrected chi connectivity index (χ3v) is 5.95. The molecule has 1 N–H and O–H groups in total. The number of hydrogen-bond acceptors (Lipinski definition) is 4. The number of hydrogen-bond donors (Lipinski definition) is 1. The summed E-state index contributed by atoms with van der Waals surface area (Å²) in [5.74, 6) is 0.00871. The minimum atomic E-state index is -3.73. The van der Waals surface area contributed by atoms with Gasteiger partial charge in [0.15, 0.2) is 0 Å². The van der Waals surface area contributed by atoms with E-state index in [1.807, 2.05) is 38.1 Å². The van der Waals surface area contributed by atoms with Crippen LogP contribution in [0, 0.1) is 6.92 Å². The Labute approximate surface area is 171 Å². The molecule has 0 aliphatic carbocycles. The number of benzene rings is 2. The zero-order chi connectivity index (χ0) is 21.1. The lowest BCUT2D eigenvalue weighted by molar-refractivity contribution is -0.122. The summed E-state index contributed by atoms with van der Waals surface area (Å²) >= 11 is 6.14. The van der Waals surface area contributed by atoms with Gasteiger partial charge in [-0.15, -0.1) is 0 Å². The molecule has 0 aliphatic rings. The Bertz CT molecular complexity index is 945. The van der Waals surface area contributed by atoms with Crippen molar-refractivity contribution >= 4 is 33.2 Å². The van der Waals surface area contributed by atoms with Gasteiger partial charge >= 0.3 is 0 Å². The van der Waals surface area contributed by atoms with Crippen molar-refractivity contribution in [2.45, 2.75) is 32.9 Å². The van der Waals surface area contributed by atoms with E-state index in [9.17, 15) is 13.2 Å². The molecule has 2 rings (SSSR count). The van der Waals surface area contributed by atoms with Gasteiger partial charge in [-0.2, -0.15) is 0 Å². The summed E-state index contributed by atoms with van der Waals surface area (Å²) in [7, 11) is -2.26. The number of methoxy groups -OCH3 is 1. The van der Waals surface area contributed by atoms with Crippen LogP contribution >= 0.6 is 11.6 Å². The van der Waals surface area contributed by atoms with Crippen LogP contribution in [0.25, 0.3) is 0 Å². The Kier molecular flexibility index (Phi) is 6.96. The van der Waals surface area contributed by atoms with Gasteiger partial charge in [0, 0.05) is 0 Å². The van der Waals surface area contributed by atoms with E-state index in [0.29, 0.717) is 11.4 Å². The molecule has 2 aromatic rings. The van der Waals surface area contributed by atoms with Crippen molar-refractivity contribution in [2.24, 2.45) is 0 Å². The predicted octanol–water partition coefficient (Wildman–Crippen LogP) is 3.69. The summed E-state index contributed by atoms with van der Waals surface area (Å²) in [6, 6.07) is 11.1. The van der Waals surface area contributed by atoms with E-state index in [1.165, 1.54) is 20.1 Å². The van der Waals surface area contributed by atoms with Crippen molar-refractivity contribution in [3.63, 3.8) is 0 Å². The second kappa shape index (κ2) is 8.84. The molecule has 2 aromatic carbocycles. The molecule has 8 heteroatoms. The maximum Gasteiger partial charge on any atom is 0.244 e. The van der Waals surface area contributed by atoms with Crippen LogP contribution < -0.4 is 14.4 Å². The van der Waals surface area contributed by atoms with E-state index < -0.39 is 22.0 Å². The first-order chi connectivity index (χ1) is 13.0. The normalized spacial score (nSPS) is 13.5. The van der Waals surface area contributed by atoms with Gasteiger partial charge in [-0.1, -0.05) is 41.4 Å². The van der Waals surface area contributed by atoms with Gasteiger partial charge in [0.2, 0.25) is 15.9 Å². The van der Waals surface area contributed by atoms with Gasteiger partial charge in [0.25, 0.3) is 0 Å². The number of aryl methyl sites for hydroxylation is 1. The first-order valence-corrected chi connectivity index (χ1v) is 11.0. The first kappa shape index (κ1) is 22.0. The van der Waals surface area contributed by atoms with Gasteiger partial charge in [-0.05, 0) is 44.5 Å². The third kappa shape index (κ3) is 5.17. The predicted molar refractivity (Wildman–Crippen MR) is 113 cm³/mol. The Morgan fingerprint density at radius 3 is 2.25 bits per heavy atom. The SMILES string of the molecule is COc1ccc(N(C(C)C(=O)NC(C)c2ccc(C)cc2)S(C)(=O)=O)cc1Cl. The van der Waals surface area contributed by atoms with Gasteiger partial charge < -0.3 is 10.1 Å². The molecule has 0 aromatic heterocycles. The first-order valence-electron chi connectivity index (χ1n) is 8.74. The monoisotopic (exact) mass is 424 g/mol. The van der Waals surface area contributed by atoms with Gasteiger partial charge in [-0.3, -0.25) is 9.10 Å². The highest BCUT2D eigenvalue weighted by molar-refractivity contribution is 7.92. The van der Waals surface area contributed by atoms with Crippen molar-refractivity contribution in [3.8, 4) is 5.75 Å². The number of amides is 1. The summed E-state index contributed by atoms with van der Waals surface area (Å²) < 4.78 is 31.0. The molecule has 0 heterocycles. The summed E-state index contributed by atoms with van der Waals surface area (Å²) in [6.45, 7) is 5.37. The molecule has 0 spiro atoms. The average Bonchev–Trinajstić information content (AvgIpc) is 2.61. The highest BCUT2D eigenvalue weighted by atomic mass is 35.5. The quantitative estimate of drug-likeness (QED) is 0.735.